The molecule has 0 N–H and O–H groups in total. The van der Waals surface area contributed by atoms with E-state index >= 15 is 0 Å². The highest BCUT2D eigenvalue weighted by atomic mass is 79.9. The molecule has 0 amide bonds. The second-order valence-electron chi connectivity index (χ2n) is 4.97. The molecule has 0 radical (unpaired) electrons. The summed E-state index contributed by atoms with van der Waals surface area (Å²) in [6.45, 7) is 5.27. The number of alkyl halides is 3. The quantitative estimate of drug-likeness (QED) is 0.572. The van der Waals surface area contributed by atoms with Crippen molar-refractivity contribution < 1.29 is 0 Å². The number of hydrogen-bond acceptors (Lipinski definition) is 3. The summed E-state index contributed by atoms with van der Waals surface area (Å²) in [5.74, 6) is 0. The molecule has 3 atom stereocenters. The topological polar surface area (TPSA) is 66.0 Å². The Hall–Kier alpha value is -0.150. The highest BCUT2D eigenvalue weighted by Gasteiger charge is 2.23. The maximum Gasteiger partial charge on any atom is 0.336 e. The lowest BCUT2D eigenvalue weighted by Crippen LogP contribution is -2.57. The first-order valence-electron chi connectivity index (χ1n) is 6.49. The van der Waals surface area contributed by atoms with E-state index in [0.29, 0.717) is 16.0 Å². The first-order valence-corrected chi connectivity index (χ1v) is 9.85. The second kappa shape index (κ2) is 7.92. The highest BCUT2D eigenvalue weighted by Crippen LogP contribution is 2.08. The van der Waals surface area contributed by atoms with E-state index in [9.17, 15) is 14.4 Å². The number of nitrogens with zero attached hydrogens (tertiary/aromatic N) is 3. The monoisotopic (exact) mass is 489 g/mol. The molecular weight excluding hydrogens is 474 g/mol. The van der Waals surface area contributed by atoms with Crippen molar-refractivity contribution in [2.24, 2.45) is 0 Å². The van der Waals surface area contributed by atoms with Gasteiger partial charge in [0.25, 0.3) is 0 Å². The minimum Gasteiger partial charge on any atom is -0.247 e. The number of rotatable bonds is 6. The molecule has 120 valence electrons. The molecule has 0 aliphatic heterocycles. The molecule has 21 heavy (non-hydrogen) atoms. The fourth-order valence-corrected chi connectivity index (χ4v) is 2.80. The van der Waals surface area contributed by atoms with Gasteiger partial charge < -0.3 is 0 Å². The third-order valence-corrected chi connectivity index (χ3v) is 6.04. The maximum absolute atomic E-state index is 12.5. The van der Waals surface area contributed by atoms with Gasteiger partial charge in [-0.25, -0.2) is 28.1 Å². The van der Waals surface area contributed by atoms with E-state index in [1.807, 2.05) is 0 Å². The molecule has 9 heteroatoms. The maximum atomic E-state index is 12.5. The van der Waals surface area contributed by atoms with Gasteiger partial charge >= 0.3 is 17.1 Å². The van der Waals surface area contributed by atoms with Gasteiger partial charge in [-0.15, -0.1) is 0 Å². The van der Waals surface area contributed by atoms with E-state index in [0.717, 1.165) is 13.7 Å². The summed E-state index contributed by atoms with van der Waals surface area (Å²) in [7, 11) is 0. The third-order valence-electron chi connectivity index (χ3n) is 3.23. The summed E-state index contributed by atoms with van der Waals surface area (Å²) in [4.78, 5) is 37.6. The molecule has 3 unspecified atom stereocenters. The van der Waals surface area contributed by atoms with Crippen LogP contribution in [0.5, 0.6) is 0 Å². The molecule has 0 saturated heterocycles. The van der Waals surface area contributed by atoms with Gasteiger partial charge in [-0.3, -0.25) is 0 Å². The van der Waals surface area contributed by atoms with Crippen LogP contribution in [0.15, 0.2) is 14.4 Å². The summed E-state index contributed by atoms with van der Waals surface area (Å²) in [6.07, 6.45) is 0. The molecule has 0 aliphatic carbocycles. The minimum absolute atomic E-state index is 0.340. The largest absolute Gasteiger partial charge is 0.336 e. The van der Waals surface area contributed by atoms with Crippen LogP contribution in [0.2, 0.25) is 0 Å². The molecule has 1 aromatic heterocycles. The average Bonchev–Trinajstić information content (AvgIpc) is 2.46. The molecule has 1 aromatic rings. The Morgan fingerprint density at radius 2 is 0.857 bits per heavy atom. The summed E-state index contributed by atoms with van der Waals surface area (Å²) < 4.78 is 3.40. The smallest absolute Gasteiger partial charge is 0.247 e. The predicted octanol–water partition coefficient (Wildman–Crippen LogP) is 2.04. The zero-order valence-corrected chi connectivity index (χ0v) is 16.8. The zero-order chi connectivity index (χ0) is 16.3. The van der Waals surface area contributed by atoms with Crippen LogP contribution in [0, 0.1) is 0 Å². The molecule has 0 aliphatic rings. The van der Waals surface area contributed by atoms with Crippen molar-refractivity contribution >= 4 is 47.8 Å². The normalized spacial score (nSPS) is 15.7. The van der Waals surface area contributed by atoms with Crippen molar-refractivity contribution in [1.29, 1.82) is 0 Å². The lowest BCUT2D eigenvalue weighted by molar-refractivity contribution is 0.386. The van der Waals surface area contributed by atoms with Crippen molar-refractivity contribution in [3.8, 4) is 0 Å². The van der Waals surface area contributed by atoms with E-state index in [2.05, 4.69) is 47.8 Å². The van der Waals surface area contributed by atoms with Gasteiger partial charge in [0.2, 0.25) is 0 Å². The Morgan fingerprint density at radius 1 is 0.667 bits per heavy atom. The van der Waals surface area contributed by atoms with E-state index in [4.69, 9.17) is 0 Å². The predicted molar refractivity (Wildman–Crippen MR) is 94.7 cm³/mol. The van der Waals surface area contributed by atoms with Crippen LogP contribution in [-0.2, 0) is 0 Å². The number of halogens is 3. The van der Waals surface area contributed by atoms with Gasteiger partial charge in [0.05, 0.1) is 18.1 Å². The number of hydrogen-bond donors (Lipinski definition) is 0. The fraction of sp³-hybridized carbons (Fsp3) is 0.750. The minimum atomic E-state index is -0.568. The molecule has 0 aromatic carbocycles. The molecule has 0 spiro atoms. The SMILES string of the molecule is CC(CBr)n1c(=O)n(C(C)CBr)c(=O)n(C(C)CBr)c1=O. The third kappa shape index (κ3) is 3.61. The Labute approximate surface area is 147 Å². The summed E-state index contributed by atoms with van der Waals surface area (Å²) in [5.41, 5.74) is -1.70. The zero-order valence-electron chi connectivity index (χ0n) is 12.1. The van der Waals surface area contributed by atoms with Crippen molar-refractivity contribution in [1.82, 2.24) is 13.7 Å². The first-order chi connectivity index (χ1) is 9.81. The van der Waals surface area contributed by atoms with Crippen LogP contribution < -0.4 is 17.1 Å². The number of aromatic nitrogens is 3. The lowest BCUT2D eigenvalue weighted by atomic mass is 10.3. The lowest BCUT2D eigenvalue weighted by Gasteiger charge is -2.21. The van der Waals surface area contributed by atoms with Crippen LogP contribution in [-0.4, -0.2) is 29.7 Å². The van der Waals surface area contributed by atoms with Gasteiger partial charge in [0, 0.05) is 16.0 Å². The van der Waals surface area contributed by atoms with E-state index < -0.39 is 17.1 Å². The average molecular weight is 492 g/mol. The van der Waals surface area contributed by atoms with Crippen LogP contribution in [0.25, 0.3) is 0 Å². The summed E-state index contributed by atoms with van der Waals surface area (Å²) in [5, 5.41) is 1.35. The van der Waals surface area contributed by atoms with Gasteiger partial charge in [0.15, 0.2) is 0 Å². The Balaban J connectivity index is 3.89. The molecule has 6 nitrogen and oxygen atoms in total. The van der Waals surface area contributed by atoms with Crippen molar-refractivity contribution in [3.63, 3.8) is 0 Å². The summed E-state index contributed by atoms with van der Waals surface area (Å²) >= 11 is 9.85. The Morgan fingerprint density at radius 3 is 1.00 bits per heavy atom. The van der Waals surface area contributed by atoms with E-state index in [1.165, 1.54) is 0 Å². The van der Waals surface area contributed by atoms with Gasteiger partial charge in [-0.2, -0.15) is 0 Å². The molecular formula is C12H18Br3N3O3. The highest BCUT2D eigenvalue weighted by molar-refractivity contribution is 9.09. The molecule has 1 heterocycles. The van der Waals surface area contributed by atoms with E-state index in [-0.39, 0.29) is 18.1 Å². The van der Waals surface area contributed by atoms with Gasteiger partial charge in [-0.05, 0) is 20.8 Å². The van der Waals surface area contributed by atoms with Gasteiger partial charge in [0.1, 0.15) is 0 Å². The van der Waals surface area contributed by atoms with Crippen molar-refractivity contribution in [2.75, 3.05) is 16.0 Å². The molecule has 0 saturated carbocycles. The van der Waals surface area contributed by atoms with Crippen molar-refractivity contribution in [2.45, 2.75) is 38.9 Å². The standard InChI is InChI=1S/C12H18Br3N3O3/c1-7(4-13)16-10(19)17(8(2)5-14)12(21)18(11(16)20)9(3)6-15/h7-9H,4-6H2,1-3H3. The molecule has 0 fully saturated rings. The first kappa shape index (κ1) is 18.9. The summed E-state index contributed by atoms with van der Waals surface area (Å²) in [6, 6.07) is -1.02. The van der Waals surface area contributed by atoms with E-state index in [1.54, 1.807) is 20.8 Å². The Kier molecular flexibility index (Phi) is 7.12. The van der Waals surface area contributed by atoms with Crippen LogP contribution in [0.1, 0.15) is 38.9 Å². The van der Waals surface area contributed by atoms with Crippen LogP contribution in [0.3, 0.4) is 0 Å². The molecule has 1 rings (SSSR count). The fourth-order valence-electron chi connectivity index (χ4n) is 1.93. The van der Waals surface area contributed by atoms with Crippen LogP contribution >= 0.6 is 47.8 Å². The second-order valence-corrected chi connectivity index (χ2v) is 6.91. The van der Waals surface area contributed by atoms with Gasteiger partial charge in [-0.1, -0.05) is 47.8 Å². The Bertz CT molecular complexity index is 544. The van der Waals surface area contributed by atoms with Crippen molar-refractivity contribution in [3.05, 3.63) is 31.5 Å². The van der Waals surface area contributed by atoms with Crippen LogP contribution in [0.4, 0.5) is 0 Å². The molecule has 0 bridgehead atoms.